The van der Waals surface area contributed by atoms with Gasteiger partial charge in [0.15, 0.2) is 0 Å². The summed E-state index contributed by atoms with van der Waals surface area (Å²) >= 11 is 0. The summed E-state index contributed by atoms with van der Waals surface area (Å²) in [6.07, 6.45) is 1.40. The average molecular weight is 198 g/mol. The molecule has 0 amide bonds. The van der Waals surface area contributed by atoms with Crippen LogP contribution in [0, 0.1) is 11.3 Å². The Bertz CT molecular complexity index is 206. The van der Waals surface area contributed by atoms with Crippen LogP contribution in [0.4, 0.5) is 0 Å². The van der Waals surface area contributed by atoms with E-state index in [2.05, 4.69) is 48.6 Å². The van der Waals surface area contributed by atoms with Crippen molar-refractivity contribution in [3.05, 3.63) is 0 Å². The van der Waals surface area contributed by atoms with Crippen molar-refractivity contribution < 1.29 is 4.48 Å². The minimum absolute atomic E-state index is 0.403. The molecule has 1 nitrogen and oxygen atoms in total. The van der Waals surface area contributed by atoms with Gasteiger partial charge in [-0.25, -0.2) is 0 Å². The molecule has 1 heterocycles. The first-order valence-corrected chi connectivity index (χ1v) is 5.91. The minimum atomic E-state index is 0.403. The highest BCUT2D eigenvalue weighted by Gasteiger charge is 2.46. The maximum absolute atomic E-state index is 2.42. The van der Waals surface area contributed by atoms with Crippen molar-refractivity contribution in [2.24, 2.45) is 11.3 Å². The molecule has 2 unspecified atom stereocenters. The molecule has 1 saturated heterocycles. The summed E-state index contributed by atoms with van der Waals surface area (Å²) in [7, 11) is 2.42. The van der Waals surface area contributed by atoms with Gasteiger partial charge in [-0.3, -0.25) is 0 Å². The fourth-order valence-corrected chi connectivity index (χ4v) is 2.43. The van der Waals surface area contributed by atoms with Gasteiger partial charge in [0.2, 0.25) is 0 Å². The van der Waals surface area contributed by atoms with Crippen LogP contribution in [0.3, 0.4) is 0 Å². The second-order valence-corrected chi connectivity index (χ2v) is 7.32. The Morgan fingerprint density at radius 2 is 1.50 bits per heavy atom. The van der Waals surface area contributed by atoms with Crippen LogP contribution >= 0.6 is 0 Å². The number of rotatable bonds is 0. The first-order valence-electron chi connectivity index (χ1n) is 5.91. The van der Waals surface area contributed by atoms with Crippen molar-refractivity contribution in [1.82, 2.24) is 0 Å². The minimum Gasteiger partial charge on any atom is -0.322 e. The highest BCUT2D eigenvalue weighted by molar-refractivity contribution is 4.80. The second kappa shape index (κ2) is 3.23. The highest BCUT2D eigenvalue weighted by atomic mass is 15.4. The molecule has 0 aromatic carbocycles. The van der Waals surface area contributed by atoms with Crippen molar-refractivity contribution in [1.29, 1.82) is 0 Å². The van der Waals surface area contributed by atoms with E-state index < -0.39 is 0 Å². The summed E-state index contributed by atoms with van der Waals surface area (Å²) in [4.78, 5) is 0. The number of hydrogen-bond acceptors (Lipinski definition) is 0. The monoisotopic (exact) mass is 198 g/mol. The van der Waals surface area contributed by atoms with Crippen molar-refractivity contribution >= 4 is 0 Å². The number of nitrogens with zero attached hydrogens (tertiary/aromatic N) is 1. The highest BCUT2D eigenvalue weighted by Crippen LogP contribution is 2.40. The fourth-order valence-electron chi connectivity index (χ4n) is 2.43. The third-order valence-corrected chi connectivity index (χ3v) is 4.44. The van der Waals surface area contributed by atoms with Crippen molar-refractivity contribution in [3.8, 4) is 0 Å². The van der Waals surface area contributed by atoms with E-state index >= 15 is 0 Å². The topological polar surface area (TPSA) is 0 Å². The molecule has 1 aliphatic heterocycles. The molecule has 2 atom stereocenters. The van der Waals surface area contributed by atoms with Crippen LogP contribution in [0.25, 0.3) is 0 Å². The molecule has 0 aromatic heterocycles. The molecule has 1 heteroatoms. The quantitative estimate of drug-likeness (QED) is 0.524. The second-order valence-electron chi connectivity index (χ2n) is 7.32. The van der Waals surface area contributed by atoms with Crippen LogP contribution < -0.4 is 0 Å². The van der Waals surface area contributed by atoms with Gasteiger partial charge in [-0.15, -0.1) is 0 Å². The molecular weight excluding hydrogens is 170 g/mol. The zero-order valence-corrected chi connectivity index (χ0v) is 11.1. The molecule has 0 saturated carbocycles. The largest absolute Gasteiger partial charge is 0.322 e. The molecule has 1 rings (SSSR count). The molecule has 14 heavy (non-hydrogen) atoms. The molecule has 0 bridgehead atoms. The Labute approximate surface area is 90.1 Å². The van der Waals surface area contributed by atoms with Gasteiger partial charge in [0, 0.05) is 12.3 Å². The lowest BCUT2D eigenvalue weighted by atomic mass is 9.80. The van der Waals surface area contributed by atoms with E-state index in [4.69, 9.17) is 0 Å². The van der Waals surface area contributed by atoms with Crippen LogP contribution in [0.1, 0.15) is 48.0 Å². The summed E-state index contributed by atoms with van der Waals surface area (Å²) in [6.45, 7) is 17.0. The summed E-state index contributed by atoms with van der Waals surface area (Å²) in [5.74, 6) is 0.895. The SMILES string of the molecule is CC(C)(C)C1CC[N+](C)(C(C)(C)C)C1. The van der Waals surface area contributed by atoms with E-state index in [0.29, 0.717) is 11.0 Å². The Balaban J connectivity index is 2.75. The van der Waals surface area contributed by atoms with Gasteiger partial charge in [-0.2, -0.15) is 0 Å². The van der Waals surface area contributed by atoms with Gasteiger partial charge < -0.3 is 4.48 Å². The van der Waals surface area contributed by atoms with E-state index in [1.807, 2.05) is 0 Å². The van der Waals surface area contributed by atoms with Gasteiger partial charge in [-0.05, 0) is 26.2 Å². The Morgan fingerprint density at radius 3 is 1.71 bits per heavy atom. The Kier molecular flexibility index (Phi) is 2.78. The van der Waals surface area contributed by atoms with Crippen LogP contribution in [0.2, 0.25) is 0 Å². The zero-order valence-electron chi connectivity index (χ0n) is 11.1. The smallest absolute Gasteiger partial charge is 0.0905 e. The van der Waals surface area contributed by atoms with E-state index in [1.165, 1.54) is 24.0 Å². The lowest BCUT2D eigenvalue weighted by molar-refractivity contribution is -0.944. The van der Waals surface area contributed by atoms with Crippen LogP contribution in [-0.2, 0) is 0 Å². The van der Waals surface area contributed by atoms with Gasteiger partial charge in [-0.1, -0.05) is 20.8 Å². The lowest BCUT2D eigenvalue weighted by Crippen LogP contribution is -2.56. The number of hydrogen-bond donors (Lipinski definition) is 0. The lowest BCUT2D eigenvalue weighted by Gasteiger charge is -2.43. The number of quaternary nitrogens is 1. The average Bonchev–Trinajstić information content (AvgIpc) is 2.29. The molecular formula is C13H28N+. The molecule has 0 spiro atoms. The third kappa shape index (κ3) is 2.13. The molecule has 0 radical (unpaired) electrons. The van der Waals surface area contributed by atoms with Crippen LogP contribution in [0.15, 0.2) is 0 Å². The predicted octanol–water partition coefficient (Wildman–Crippen LogP) is 3.30. The molecule has 0 aliphatic carbocycles. The maximum atomic E-state index is 2.42. The third-order valence-electron chi connectivity index (χ3n) is 4.44. The first kappa shape index (κ1) is 12.0. The summed E-state index contributed by atoms with van der Waals surface area (Å²) in [5.41, 5.74) is 0.890. The van der Waals surface area contributed by atoms with Gasteiger partial charge in [0.25, 0.3) is 0 Å². The fraction of sp³-hybridized carbons (Fsp3) is 1.00. The van der Waals surface area contributed by atoms with E-state index in [1.54, 1.807) is 0 Å². The first-order chi connectivity index (χ1) is 6.06. The van der Waals surface area contributed by atoms with Gasteiger partial charge in [0.05, 0.1) is 25.7 Å². The van der Waals surface area contributed by atoms with Crippen LogP contribution in [0.5, 0.6) is 0 Å². The van der Waals surface area contributed by atoms with E-state index in [9.17, 15) is 0 Å². The van der Waals surface area contributed by atoms with Gasteiger partial charge in [0.1, 0.15) is 0 Å². The molecule has 1 fully saturated rings. The van der Waals surface area contributed by atoms with E-state index in [-0.39, 0.29) is 0 Å². The summed E-state index contributed by atoms with van der Waals surface area (Å²) < 4.78 is 1.24. The van der Waals surface area contributed by atoms with Gasteiger partial charge >= 0.3 is 0 Å². The van der Waals surface area contributed by atoms with E-state index in [0.717, 1.165) is 5.92 Å². The standard InChI is InChI=1S/C13H28N/c1-12(2,3)11-8-9-14(7,10-11)13(4,5)6/h11H,8-10H2,1-7H3/q+1. The van der Waals surface area contributed by atoms with Crippen molar-refractivity contribution in [3.63, 3.8) is 0 Å². The normalized spacial score (nSPS) is 34.9. The number of likely N-dealkylation sites (tertiary alicyclic amines) is 1. The Morgan fingerprint density at radius 1 is 1.00 bits per heavy atom. The Hall–Kier alpha value is -0.0400. The predicted molar refractivity (Wildman–Crippen MR) is 63.2 cm³/mol. The molecule has 0 N–H and O–H groups in total. The molecule has 84 valence electrons. The molecule has 0 aromatic rings. The summed E-state index contributed by atoms with van der Waals surface area (Å²) in [5, 5.41) is 0. The molecule has 1 aliphatic rings. The summed E-state index contributed by atoms with van der Waals surface area (Å²) in [6, 6.07) is 0. The maximum Gasteiger partial charge on any atom is 0.0905 e. The van der Waals surface area contributed by atoms with Crippen molar-refractivity contribution in [2.75, 3.05) is 20.1 Å². The van der Waals surface area contributed by atoms with Crippen molar-refractivity contribution in [2.45, 2.75) is 53.5 Å². The van der Waals surface area contributed by atoms with Crippen LogP contribution in [-0.4, -0.2) is 30.2 Å². The zero-order chi connectivity index (χ0) is 11.2.